The Labute approximate surface area is 88.3 Å². The molecule has 0 atom stereocenters. The molecule has 13 heavy (non-hydrogen) atoms. The second-order valence-electron chi connectivity index (χ2n) is 2.50. The molecule has 1 aromatic rings. The number of carboxylic acids is 1. The van der Waals surface area contributed by atoms with Crippen molar-refractivity contribution in [3.63, 3.8) is 0 Å². The van der Waals surface area contributed by atoms with Gasteiger partial charge < -0.3 is 5.11 Å². The van der Waals surface area contributed by atoms with Crippen LogP contribution in [0.25, 0.3) is 0 Å². The Balaban J connectivity index is 3.53. The molecule has 1 rings (SSSR count). The molecular formula is C8H6BrFO2S. The molecule has 0 heterocycles. The summed E-state index contributed by atoms with van der Waals surface area (Å²) in [5, 5.41) is 8.66. The van der Waals surface area contributed by atoms with Crippen LogP contribution in [0.3, 0.4) is 0 Å². The number of carboxylic acid groups (broad SMARTS) is 1. The molecule has 0 unspecified atom stereocenters. The second-order valence-corrected chi connectivity index (χ2v) is 3.83. The summed E-state index contributed by atoms with van der Waals surface area (Å²) in [5.74, 6) is -2.05. The molecule has 5 heteroatoms. The second kappa shape index (κ2) is 3.67. The van der Waals surface area contributed by atoms with Gasteiger partial charge in [0, 0.05) is 9.37 Å². The van der Waals surface area contributed by atoms with Gasteiger partial charge in [-0.1, -0.05) is 15.9 Å². The van der Waals surface area contributed by atoms with Crippen LogP contribution in [0, 0.1) is 12.7 Å². The van der Waals surface area contributed by atoms with Gasteiger partial charge in [0.1, 0.15) is 11.4 Å². The van der Waals surface area contributed by atoms with E-state index >= 15 is 0 Å². The summed E-state index contributed by atoms with van der Waals surface area (Å²) < 4.78 is 13.8. The average Bonchev–Trinajstić information content (AvgIpc) is 1.99. The number of rotatable bonds is 1. The molecule has 0 aliphatic carbocycles. The van der Waals surface area contributed by atoms with Gasteiger partial charge in [0.15, 0.2) is 0 Å². The lowest BCUT2D eigenvalue weighted by Gasteiger charge is -2.06. The van der Waals surface area contributed by atoms with Crippen molar-refractivity contribution < 1.29 is 14.3 Å². The Hall–Kier alpha value is -0.550. The summed E-state index contributed by atoms with van der Waals surface area (Å²) in [6, 6.07) is 1.46. The molecule has 1 N–H and O–H groups in total. The average molecular weight is 265 g/mol. The van der Waals surface area contributed by atoms with Gasteiger partial charge in [0.25, 0.3) is 0 Å². The largest absolute Gasteiger partial charge is 0.478 e. The van der Waals surface area contributed by atoms with E-state index in [1.54, 1.807) is 0 Å². The van der Waals surface area contributed by atoms with Gasteiger partial charge in [-0.3, -0.25) is 0 Å². The van der Waals surface area contributed by atoms with Gasteiger partial charge in [0.05, 0.1) is 0 Å². The van der Waals surface area contributed by atoms with Gasteiger partial charge in [-0.05, 0) is 18.6 Å². The number of carbonyl (C=O) groups is 1. The van der Waals surface area contributed by atoms with Crippen molar-refractivity contribution in [2.24, 2.45) is 0 Å². The van der Waals surface area contributed by atoms with Crippen LogP contribution in [0.15, 0.2) is 15.4 Å². The van der Waals surface area contributed by atoms with E-state index in [0.717, 1.165) is 0 Å². The lowest BCUT2D eigenvalue weighted by molar-refractivity contribution is 0.0687. The number of aromatic carboxylic acids is 1. The van der Waals surface area contributed by atoms with Crippen LogP contribution in [0.4, 0.5) is 4.39 Å². The standard InChI is InChI=1S/C8H6BrFO2S/c1-3-4(9)2-5(13)6(7(3)10)8(11)12/h2,13H,1H3,(H,11,12). The van der Waals surface area contributed by atoms with Gasteiger partial charge in [-0.2, -0.15) is 0 Å². The van der Waals surface area contributed by atoms with E-state index in [4.69, 9.17) is 5.11 Å². The molecule has 0 amide bonds. The highest BCUT2D eigenvalue weighted by molar-refractivity contribution is 9.10. The molecule has 0 bridgehead atoms. The predicted molar refractivity (Wildman–Crippen MR) is 53.0 cm³/mol. The normalized spacial score (nSPS) is 10.2. The first-order valence-corrected chi connectivity index (χ1v) is 4.60. The fourth-order valence-corrected chi connectivity index (χ4v) is 1.81. The summed E-state index contributed by atoms with van der Waals surface area (Å²) in [6.07, 6.45) is 0. The molecule has 2 nitrogen and oxygen atoms in total. The van der Waals surface area contributed by atoms with Crippen molar-refractivity contribution in [2.75, 3.05) is 0 Å². The molecule has 0 spiro atoms. The van der Waals surface area contributed by atoms with E-state index in [1.807, 2.05) is 0 Å². The highest BCUT2D eigenvalue weighted by atomic mass is 79.9. The quantitative estimate of drug-likeness (QED) is 0.766. The van der Waals surface area contributed by atoms with Crippen LogP contribution >= 0.6 is 28.6 Å². The fraction of sp³-hybridized carbons (Fsp3) is 0.125. The van der Waals surface area contributed by atoms with E-state index in [-0.39, 0.29) is 16.0 Å². The molecule has 0 saturated carbocycles. The van der Waals surface area contributed by atoms with Crippen molar-refractivity contribution in [1.82, 2.24) is 0 Å². The minimum absolute atomic E-state index is 0.113. The van der Waals surface area contributed by atoms with Gasteiger partial charge in [-0.15, -0.1) is 12.6 Å². The highest BCUT2D eigenvalue weighted by Gasteiger charge is 2.18. The van der Waals surface area contributed by atoms with Crippen LogP contribution in [0.5, 0.6) is 0 Å². The van der Waals surface area contributed by atoms with Gasteiger partial charge >= 0.3 is 5.97 Å². The smallest absolute Gasteiger partial charge is 0.339 e. The van der Waals surface area contributed by atoms with Crippen molar-refractivity contribution in [2.45, 2.75) is 11.8 Å². The van der Waals surface area contributed by atoms with Gasteiger partial charge in [-0.25, -0.2) is 9.18 Å². The first kappa shape index (κ1) is 10.5. The zero-order valence-corrected chi connectivity index (χ0v) is 9.12. The molecule has 0 aliphatic rings. The Morgan fingerprint density at radius 1 is 1.69 bits per heavy atom. The zero-order valence-electron chi connectivity index (χ0n) is 6.64. The summed E-state index contributed by atoms with van der Waals surface area (Å²) in [5.41, 5.74) is -0.112. The molecule has 0 radical (unpaired) electrons. The maximum atomic E-state index is 13.3. The summed E-state index contributed by atoms with van der Waals surface area (Å²) >= 11 is 6.97. The number of hydrogen-bond donors (Lipinski definition) is 2. The maximum absolute atomic E-state index is 13.3. The van der Waals surface area contributed by atoms with E-state index < -0.39 is 11.8 Å². The molecule has 0 fully saturated rings. The lowest BCUT2D eigenvalue weighted by atomic mass is 10.1. The van der Waals surface area contributed by atoms with Gasteiger partial charge in [0.2, 0.25) is 0 Å². The van der Waals surface area contributed by atoms with Crippen molar-refractivity contribution in [3.8, 4) is 0 Å². The Morgan fingerprint density at radius 3 is 2.69 bits per heavy atom. The lowest BCUT2D eigenvalue weighted by Crippen LogP contribution is -2.04. The number of thiol groups is 1. The highest BCUT2D eigenvalue weighted by Crippen LogP contribution is 2.27. The fourth-order valence-electron chi connectivity index (χ4n) is 0.909. The predicted octanol–water partition coefficient (Wildman–Crippen LogP) is 2.88. The number of benzene rings is 1. The summed E-state index contributed by atoms with van der Waals surface area (Å²) in [6.45, 7) is 1.50. The molecule has 70 valence electrons. The van der Waals surface area contributed by atoms with Crippen molar-refractivity contribution in [3.05, 3.63) is 27.5 Å². The SMILES string of the molecule is Cc1c(Br)cc(S)c(C(=O)O)c1F. The third kappa shape index (κ3) is 1.86. The number of halogens is 2. The summed E-state index contributed by atoms with van der Waals surface area (Å²) in [4.78, 5) is 10.7. The molecule has 1 aromatic carbocycles. The van der Waals surface area contributed by atoms with Crippen molar-refractivity contribution >= 4 is 34.5 Å². The minimum atomic E-state index is -1.31. The van der Waals surface area contributed by atoms with E-state index in [0.29, 0.717) is 4.47 Å². The number of hydrogen-bond acceptors (Lipinski definition) is 2. The molecular weight excluding hydrogens is 259 g/mol. The third-order valence-electron chi connectivity index (χ3n) is 1.64. The van der Waals surface area contributed by atoms with Crippen LogP contribution in [0.1, 0.15) is 15.9 Å². The van der Waals surface area contributed by atoms with Crippen LogP contribution in [-0.4, -0.2) is 11.1 Å². The monoisotopic (exact) mass is 264 g/mol. The topological polar surface area (TPSA) is 37.3 Å². The maximum Gasteiger partial charge on any atom is 0.339 e. The third-order valence-corrected chi connectivity index (χ3v) is 2.82. The summed E-state index contributed by atoms with van der Waals surface area (Å²) in [7, 11) is 0. The van der Waals surface area contributed by atoms with Crippen LogP contribution in [-0.2, 0) is 0 Å². The van der Waals surface area contributed by atoms with Crippen LogP contribution in [0.2, 0.25) is 0 Å². The Bertz CT molecular complexity index is 379. The van der Waals surface area contributed by atoms with Crippen molar-refractivity contribution in [1.29, 1.82) is 0 Å². The molecule has 0 saturated heterocycles. The Kier molecular flexibility index (Phi) is 2.98. The zero-order chi connectivity index (χ0) is 10.2. The molecule has 0 aliphatic heterocycles. The minimum Gasteiger partial charge on any atom is -0.478 e. The van der Waals surface area contributed by atoms with E-state index in [9.17, 15) is 9.18 Å². The first-order valence-electron chi connectivity index (χ1n) is 3.36. The van der Waals surface area contributed by atoms with Crippen LogP contribution < -0.4 is 0 Å². The molecule has 0 aromatic heterocycles. The Morgan fingerprint density at radius 2 is 2.23 bits per heavy atom. The first-order chi connectivity index (χ1) is 5.95. The van der Waals surface area contributed by atoms with E-state index in [2.05, 4.69) is 28.6 Å². The van der Waals surface area contributed by atoms with E-state index in [1.165, 1.54) is 13.0 Å².